The molecule has 100 valence electrons. The van der Waals surface area contributed by atoms with Crippen molar-refractivity contribution in [3.63, 3.8) is 0 Å². The summed E-state index contributed by atoms with van der Waals surface area (Å²) in [7, 11) is -2.83. The molecule has 0 aliphatic rings. The molecule has 1 unspecified atom stereocenters. The van der Waals surface area contributed by atoms with Crippen LogP contribution in [0.25, 0.3) is 0 Å². The summed E-state index contributed by atoms with van der Waals surface area (Å²) < 4.78 is 15.9. The lowest BCUT2D eigenvalue weighted by Gasteiger charge is -2.05. The molecule has 0 heterocycles. The van der Waals surface area contributed by atoms with Gasteiger partial charge in [0.05, 0.1) is 6.61 Å². The third-order valence-electron chi connectivity index (χ3n) is 2.30. The van der Waals surface area contributed by atoms with Crippen LogP contribution in [0.15, 0.2) is 12.2 Å². The minimum atomic E-state index is -2.83. The Balaban J connectivity index is 3.28. The van der Waals surface area contributed by atoms with Crippen molar-refractivity contribution in [2.45, 2.75) is 39.0 Å². The highest BCUT2D eigenvalue weighted by Gasteiger charge is 2.07. The summed E-state index contributed by atoms with van der Waals surface area (Å²) >= 11 is 0. The van der Waals surface area contributed by atoms with Gasteiger partial charge in [-0.15, -0.1) is 0 Å². The first-order valence-electron chi connectivity index (χ1n) is 5.95. The van der Waals surface area contributed by atoms with Crippen LogP contribution in [0.5, 0.6) is 0 Å². The Hall–Kier alpha value is -0.600. The molecule has 0 saturated carbocycles. The molecule has 0 saturated heterocycles. The lowest BCUT2D eigenvalue weighted by Crippen LogP contribution is -2.06. The highest BCUT2D eigenvalue weighted by Crippen LogP contribution is 2.36. The Morgan fingerprint density at radius 3 is 2.29 bits per heavy atom. The van der Waals surface area contributed by atoms with Crippen LogP contribution in [0.3, 0.4) is 0 Å². The van der Waals surface area contributed by atoms with E-state index in [0.29, 0.717) is 18.3 Å². The maximum absolute atomic E-state index is 11.0. The Bertz CT molecular complexity index is 293. The van der Waals surface area contributed by atoms with Gasteiger partial charge in [0.1, 0.15) is 0 Å². The van der Waals surface area contributed by atoms with E-state index in [1.54, 1.807) is 6.92 Å². The monoisotopic (exact) mass is 262 g/mol. The quantitative estimate of drug-likeness (QED) is 0.300. The molecule has 0 aromatic rings. The van der Waals surface area contributed by atoms with Crippen molar-refractivity contribution < 1.29 is 19.0 Å². The number of hydrogen-bond donors (Lipinski definition) is 1. The molecule has 0 amide bonds. The van der Waals surface area contributed by atoms with Gasteiger partial charge in [-0.3, -0.25) is 4.57 Å². The highest BCUT2D eigenvalue weighted by molar-refractivity contribution is 7.57. The Kier molecular flexibility index (Phi) is 8.19. The molecule has 1 N–H and O–H groups in total. The average molecular weight is 262 g/mol. The van der Waals surface area contributed by atoms with Crippen molar-refractivity contribution in [2.24, 2.45) is 0 Å². The number of rotatable bonds is 9. The Morgan fingerprint density at radius 2 is 1.76 bits per heavy atom. The summed E-state index contributed by atoms with van der Waals surface area (Å²) in [5.74, 6) is -0.336. The van der Waals surface area contributed by atoms with Gasteiger partial charge in [0.15, 0.2) is 7.37 Å². The van der Waals surface area contributed by atoms with Gasteiger partial charge in [-0.2, -0.15) is 0 Å². The van der Waals surface area contributed by atoms with Gasteiger partial charge in [-0.05, 0) is 19.8 Å². The van der Waals surface area contributed by atoms with Crippen LogP contribution in [0.4, 0.5) is 0 Å². The summed E-state index contributed by atoms with van der Waals surface area (Å²) in [6, 6.07) is 0. The second-order valence-electron chi connectivity index (χ2n) is 4.46. The summed E-state index contributed by atoms with van der Waals surface area (Å²) in [5, 5.41) is 0. The van der Waals surface area contributed by atoms with Gasteiger partial charge < -0.3 is 9.63 Å². The third-order valence-corrected chi connectivity index (χ3v) is 3.44. The molecule has 0 aromatic heterocycles. The number of ether oxygens (including phenoxy) is 1. The van der Waals surface area contributed by atoms with Gasteiger partial charge in [-0.25, -0.2) is 4.79 Å². The van der Waals surface area contributed by atoms with Crippen LogP contribution in [0.2, 0.25) is 0 Å². The normalized spacial score (nSPS) is 14.1. The third kappa shape index (κ3) is 11.7. The highest BCUT2D eigenvalue weighted by atomic mass is 31.2. The number of carbonyl (C=O) groups is 1. The lowest BCUT2D eigenvalue weighted by atomic mass is 10.2. The summed E-state index contributed by atoms with van der Waals surface area (Å²) in [5.41, 5.74) is 0.423. The molecule has 0 spiro atoms. The zero-order chi connectivity index (χ0) is 13.3. The smallest absolute Gasteiger partial charge is 0.333 e. The minimum absolute atomic E-state index is 0.336. The number of esters is 1. The van der Waals surface area contributed by atoms with Crippen molar-refractivity contribution in [3.05, 3.63) is 12.2 Å². The summed E-state index contributed by atoms with van der Waals surface area (Å²) in [4.78, 5) is 20.1. The maximum atomic E-state index is 11.0. The topological polar surface area (TPSA) is 63.6 Å². The molecular weight excluding hydrogens is 239 g/mol. The molecule has 1 atom stereocenters. The molecule has 5 heteroatoms. The molecule has 0 aromatic carbocycles. The van der Waals surface area contributed by atoms with Crippen LogP contribution in [0, 0.1) is 0 Å². The number of carbonyl (C=O) groups excluding carboxylic acids is 1. The van der Waals surface area contributed by atoms with Crippen LogP contribution in [0.1, 0.15) is 39.0 Å². The fourth-order valence-corrected chi connectivity index (χ4v) is 2.14. The van der Waals surface area contributed by atoms with E-state index in [4.69, 9.17) is 9.63 Å². The Morgan fingerprint density at radius 1 is 1.24 bits per heavy atom. The first-order chi connectivity index (χ1) is 7.83. The van der Waals surface area contributed by atoms with Crippen LogP contribution < -0.4 is 0 Å². The maximum Gasteiger partial charge on any atom is 0.333 e. The average Bonchev–Trinajstić information content (AvgIpc) is 2.19. The minimum Gasteiger partial charge on any atom is -0.462 e. The first-order valence-corrected chi connectivity index (χ1v) is 8.24. The molecule has 4 nitrogen and oxygen atoms in total. The molecule has 0 fully saturated rings. The molecular formula is C12H23O4P. The van der Waals surface area contributed by atoms with Gasteiger partial charge in [-0.1, -0.05) is 25.8 Å². The Labute approximate surface area is 104 Å². The molecule has 0 bridgehead atoms. The van der Waals surface area contributed by atoms with Gasteiger partial charge in [0.25, 0.3) is 0 Å². The number of hydrogen-bond acceptors (Lipinski definition) is 3. The standard InChI is InChI=1S/C12H23O4P/c1-11(2)12(13)16-9-7-5-4-6-8-10-17(3,14)15/h1,4-10H2,2-3H3,(H,14,15). The van der Waals surface area contributed by atoms with E-state index in [-0.39, 0.29) is 5.97 Å². The van der Waals surface area contributed by atoms with E-state index in [1.807, 2.05) is 0 Å². The molecule has 0 radical (unpaired) electrons. The van der Waals surface area contributed by atoms with Crippen LogP contribution in [-0.4, -0.2) is 30.3 Å². The largest absolute Gasteiger partial charge is 0.462 e. The van der Waals surface area contributed by atoms with Crippen molar-refractivity contribution in [2.75, 3.05) is 19.4 Å². The second-order valence-corrected chi connectivity index (χ2v) is 7.01. The fourth-order valence-electron chi connectivity index (χ4n) is 1.33. The van der Waals surface area contributed by atoms with E-state index < -0.39 is 7.37 Å². The fraction of sp³-hybridized carbons (Fsp3) is 0.750. The van der Waals surface area contributed by atoms with Crippen LogP contribution in [-0.2, 0) is 14.1 Å². The first kappa shape index (κ1) is 16.4. The molecule has 0 aliphatic carbocycles. The van der Waals surface area contributed by atoms with Crippen molar-refractivity contribution in [1.82, 2.24) is 0 Å². The van der Waals surface area contributed by atoms with Gasteiger partial charge in [0.2, 0.25) is 0 Å². The summed E-state index contributed by atoms with van der Waals surface area (Å²) in [6.45, 7) is 6.94. The zero-order valence-electron chi connectivity index (χ0n) is 10.8. The van der Waals surface area contributed by atoms with E-state index in [0.717, 1.165) is 32.1 Å². The number of unbranched alkanes of at least 4 members (excludes halogenated alkanes) is 4. The zero-order valence-corrected chi connectivity index (χ0v) is 11.7. The van der Waals surface area contributed by atoms with E-state index in [9.17, 15) is 9.36 Å². The molecule has 0 rings (SSSR count). The van der Waals surface area contributed by atoms with Crippen LogP contribution >= 0.6 is 7.37 Å². The SMILES string of the molecule is C=C(C)C(=O)OCCCCCCCP(C)(=O)O. The molecule has 17 heavy (non-hydrogen) atoms. The molecule has 0 aliphatic heterocycles. The van der Waals surface area contributed by atoms with Crippen molar-refractivity contribution in [1.29, 1.82) is 0 Å². The van der Waals surface area contributed by atoms with Gasteiger partial charge in [0, 0.05) is 18.4 Å². The summed E-state index contributed by atoms with van der Waals surface area (Å²) in [6.07, 6.45) is 4.95. The predicted octanol–water partition coefficient (Wildman–Crippen LogP) is 2.96. The van der Waals surface area contributed by atoms with Crippen molar-refractivity contribution in [3.8, 4) is 0 Å². The van der Waals surface area contributed by atoms with E-state index in [1.165, 1.54) is 6.66 Å². The van der Waals surface area contributed by atoms with E-state index in [2.05, 4.69) is 6.58 Å². The second kappa shape index (κ2) is 8.48. The van der Waals surface area contributed by atoms with E-state index >= 15 is 0 Å². The van der Waals surface area contributed by atoms with Gasteiger partial charge >= 0.3 is 5.97 Å². The predicted molar refractivity (Wildman–Crippen MR) is 69.5 cm³/mol. The van der Waals surface area contributed by atoms with Crippen molar-refractivity contribution >= 4 is 13.3 Å². The lowest BCUT2D eigenvalue weighted by molar-refractivity contribution is -0.139.